The van der Waals surface area contributed by atoms with Crippen molar-refractivity contribution in [3.05, 3.63) is 17.0 Å². The molecular weight excluding hydrogens is 342 g/mol. The van der Waals surface area contributed by atoms with Crippen LogP contribution in [0.15, 0.2) is 9.52 Å². The lowest BCUT2D eigenvalue weighted by Gasteiger charge is -2.22. The second-order valence-electron chi connectivity index (χ2n) is 7.99. The minimum Gasteiger partial charge on any atom is -0.361 e. The van der Waals surface area contributed by atoms with Crippen LogP contribution in [-0.4, -0.2) is 54.6 Å². The highest BCUT2D eigenvalue weighted by Crippen LogP contribution is 2.28. The first-order valence-electron chi connectivity index (χ1n) is 10.2. The van der Waals surface area contributed by atoms with Crippen molar-refractivity contribution >= 4 is 11.9 Å². The Morgan fingerprint density at radius 1 is 1.33 bits per heavy atom. The molecule has 0 bridgehead atoms. The fraction of sp³-hybridized carbons (Fsp3) is 0.750. The van der Waals surface area contributed by atoms with Gasteiger partial charge < -0.3 is 20.1 Å². The Balaban J connectivity index is 1.47. The third-order valence-electron chi connectivity index (χ3n) is 5.93. The van der Waals surface area contributed by atoms with Crippen LogP contribution in [0.1, 0.15) is 62.0 Å². The molecule has 0 radical (unpaired) electrons. The standard InChI is InChI=1S/C20H33N5O2/c1-13(18-14(2)24-27-15(18)3)11-22-20(21-4)23-17-9-10-25(12-17)19(26)16-7-5-6-8-16/h13,16-17H,5-12H2,1-4H3,(H2,21,22,23). The van der Waals surface area contributed by atoms with Crippen LogP contribution >= 0.6 is 0 Å². The molecule has 2 unspecified atom stereocenters. The summed E-state index contributed by atoms with van der Waals surface area (Å²) in [5, 5.41) is 10.9. The van der Waals surface area contributed by atoms with E-state index in [0.29, 0.717) is 5.91 Å². The van der Waals surface area contributed by atoms with E-state index < -0.39 is 0 Å². The monoisotopic (exact) mass is 375 g/mol. The van der Waals surface area contributed by atoms with Crippen molar-refractivity contribution < 1.29 is 9.32 Å². The summed E-state index contributed by atoms with van der Waals surface area (Å²) in [4.78, 5) is 19.0. The number of aliphatic imine (C=N–C) groups is 1. The Kier molecular flexibility index (Phi) is 6.39. The van der Waals surface area contributed by atoms with Gasteiger partial charge in [-0.1, -0.05) is 24.9 Å². The maximum atomic E-state index is 12.6. The molecule has 2 aliphatic rings. The van der Waals surface area contributed by atoms with Gasteiger partial charge in [-0.05, 0) is 33.1 Å². The summed E-state index contributed by atoms with van der Waals surface area (Å²) in [6.45, 7) is 8.45. The van der Waals surface area contributed by atoms with Gasteiger partial charge in [-0.3, -0.25) is 9.79 Å². The fourth-order valence-electron chi connectivity index (χ4n) is 4.44. The third-order valence-corrected chi connectivity index (χ3v) is 5.93. The zero-order valence-electron chi connectivity index (χ0n) is 17.0. The number of amides is 1. The highest BCUT2D eigenvalue weighted by atomic mass is 16.5. The fourth-order valence-corrected chi connectivity index (χ4v) is 4.44. The van der Waals surface area contributed by atoms with E-state index in [0.717, 1.165) is 61.9 Å². The number of rotatable bonds is 5. The molecule has 27 heavy (non-hydrogen) atoms. The molecule has 1 aliphatic carbocycles. The molecule has 7 nitrogen and oxygen atoms in total. The second kappa shape index (κ2) is 8.76. The van der Waals surface area contributed by atoms with Gasteiger partial charge in [-0.25, -0.2) is 0 Å². The van der Waals surface area contributed by atoms with Gasteiger partial charge in [0.15, 0.2) is 5.96 Å². The Hall–Kier alpha value is -2.05. The summed E-state index contributed by atoms with van der Waals surface area (Å²) >= 11 is 0. The number of hydrogen-bond acceptors (Lipinski definition) is 4. The Morgan fingerprint density at radius 2 is 2.07 bits per heavy atom. The molecule has 2 N–H and O–H groups in total. The molecule has 1 aliphatic heterocycles. The van der Waals surface area contributed by atoms with E-state index in [-0.39, 0.29) is 17.9 Å². The lowest BCUT2D eigenvalue weighted by atomic mass is 10.00. The van der Waals surface area contributed by atoms with Crippen molar-refractivity contribution in [1.29, 1.82) is 0 Å². The van der Waals surface area contributed by atoms with E-state index in [2.05, 4.69) is 27.7 Å². The van der Waals surface area contributed by atoms with Crippen molar-refractivity contribution in [3.63, 3.8) is 0 Å². The van der Waals surface area contributed by atoms with Gasteiger partial charge in [0, 0.05) is 50.1 Å². The van der Waals surface area contributed by atoms with E-state index in [1.165, 1.54) is 12.8 Å². The Bertz CT molecular complexity index is 658. The van der Waals surface area contributed by atoms with E-state index in [4.69, 9.17) is 4.52 Å². The van der Waals surface area contributed by atoms with Crippen molar-refractivity contribution in [2.24, 2.45) is 10.9 Å². The molecule has 0 spiro atoms. The molecule has 2 heterocycles. The zero-order valence-corrected chi connectivity index (χ0v) is 17.0. The minimum absolute atomic E-state index is 0.260. The molecule has 1 saturated carbocycles. The maximum Gasteiger partial charge on any atom is 0.225 e. The van der Waals surface area contributed by atoms with Gasteiger partial charge >= 0.3 is 0 Å². The normalized spacial score (nSPS) is 22.3. The molecule has 3 rings (SSSR count). The van der Waals surface area contributed by atoms with Crippen molar-refractivity contribution in [1.82, 2.24) is 20.7 Å². The molecule has 150 valence electrons. The summed E-state index contributed by atoms with van der Waals surface area (Å²) in [7, 11) is 1.78. The van der Waals surface area contributed by atoms with Gasteiger partial charge in [-0.15, -0.1) is 0 Å². The van der Waals surface area contributed by atoms with E-state index in [1.54, 1.807) is 7.05 Å². The van der Waals surface area contributed by atoms with Crippen LogP contribution in [0.5, 0.6) is 0 Å². The van der Waals surface area contributed by atoms with Gasteiger partial charge in [0.25, 0.3) is 0 Å². The molecular formula is C20H33N5O2. The maximum absolute atomic E-state index is 12.6. The first-order chi connectivity index (χ1) is 13.0. The predicted octanol–water partition coefficient (Wildman–Crippen LogP) is 2.35. The number of hydrogen-bond donors (Lipinski definition) is 2. The molecule has 1 aromatic rings. The molecule has 2 atom stereocenters. The average Bonchev–Trinajstić information content (AvgIpc) is 3.40. The largest absolute Gasteiger partial charge is 0.361 e. The average molecular weight is 376 g/mol. The lowest BCUT2D eigenvalue weighted by Crippen LogP contribution is -2.46. The van der Waals surface area contributed by atoms with Gasteiger partial charge in [0.2, 0.25) is 5.91 Å². The SMILES string of the molecule is CN=C(NCC(C)c1c(C)noc1C)NC1CCN(C(=O)C2CCCC2)C1. The molecule has 1 aromatic heterocycles. The number of likely N-dealkylation sites (tertiary alicyclic amines) is 1. The third kappa shape index (κ3) is 4.62. The smallest absolute Gasteiger partial charge is 0.225 e. The quantitative estimate of drug-likeness (QED) is 0.610. The van der Waals surface area contributed by atoms with Crippen LogP contribution in [0.3, 0.4) is 0 Å². The van der Waals surface area contributed by atoms with Crippen molar-refractivity contribution in [2.45, 2.75) is 64.8 Å². The van der Waals surface area contributed by atoms with Crippen molar-refractivity contribution in [2.75, 3.05) is 26.7 Å². The molecule has 7 heteroatoms. The van der Waals surface area contributed by atoms with Gasteiger partial charge in [0.1, 0.15) is 5.76 Å². The van der Waals surface area contributed by atoms with Crippen LogP contribution in [-0.2, 0) is 4.79 Å². The first-order valence-corrected chi connectivity index (χ1v) is 10.2. The summed E-state index contributed by atoms with van der Waals surface area (Å²) in [6, 6.07) is 0.260. The summed E-state index contributed by atoms with van der Waals surface area (Å²) in [5.41, 5.74) is 2.11. The highest BCUT2D eigenvalue weighted by Gasteiger charge is 2.32. The minimum atomic E-state index is 0.260. The van der Waals surface area contributed by atoms with Crippen LogP contribution in [0.4, 0.5) is 0 Å². The first kappa shape index (κ1) is 19.7. The number of nitrogens with zero attached hydrogens (tertiary/aromatic N) is 3. The van der Waals surface area contributed by atoms with Crippen LogP contribution in [0.2, 0.25) is 0 Å². The van der Waals surface area contributed by atoms with Crippen molar-refractivity contribution in [3.8, 4) is 0 Å². The summed E-state index contributed by atoms with van der Waals surface area (Å²) < 4.78 is 5.27. The van der Waals surface area contributed by atoms with Gasteiger partial charge in [-0.2, -0.15) is 0 Å². The topological polar surface area (TPSA) is 82.8 Å². The number of carbonyl (C=O) groups is 1. The predicted molar refractivity (Wildman–Crippen MR) is 106 cm³/mol. The zero-order chi connectivity index (χ0) is 19.4. The summed E-state index contributed by atoms with van der Waals surface area (Å²) in [5.74, 6) is 2.55. The van der Waals surface area contributed by atoms with E-state index >= 15 is 0 Å². The Labute approximate surface area is 162 Å². The number of nitrogens with one attached hydrogen (secondary N) is 2. The van der Waals surface area contributed by atoms with E-state index in [1.807, 2.05) is 18.7 Å². The molecule has 1 saturated heterocycles. The van der Waals surface area contributed by atoms with Crippen LogP contribution in [0.25, 0.3) is 0 Å². The van der Waals surface area contributed by atoms with Crippen LogP contribution < -0.4 is 10.6 Å². The molecule has 0 aromatic carbocycles. The summed E-state index contributed by atoms with van der Waals surface area (Å²) in [6.07, 6.45) is 5.50. The number of aryl methyl sites for hydroxylation is 2. The van der Waals surface area contributed by atoms with E-state index in [9.17, 15) is 4.79 Å². The second-order valence-corrected chi connectivity index (χ2v) is 7.99. The Morgan fingerprint density at radius 3 is 2.70 bits per heavy atom. The number of aromatic nitrogens is 1. The molecule has 1 amide bonds. The number of carbonyl (C=O) groups excluding carboxylic acids is 1. The highest BCUT2D eigenvalue weighted by molar-refractivity contribution is 5.81. The molecule has 2 fully saturated rings. The van der Waals surface area contributed by atoms with Gasteiger partial charge in [0.05, 0.1) is 5.69 Å². The van der Waals surface area contributed by atoms with Crippen LogP contribution in [0, 0.1) is 19.8 Å². The number of guanidine groups is 1. The lowest BCUT2D eigenvalue weighted by molar-refractivity contribution is -0.134.